The number of ether oxygens (including phenoxy) is 1. The van der Waals surface area contributed by atoms with E-state index in [1.54, 1.807) is 6.92 Å². The van der Waals surface area contributed by atoms with Crippen LogP contribution < -0.4 is 0 Å². The molecule has 0 bridgehead atoms. The van der Waals surface area contributed by atoms with Crippen molar-refractivity contribution in [1.82, 2.24) is 4.31 Å². The van der Waals surface area contributed by atoms with Crippen LogP contribution in [0.5, 0.6) is 0 Å². The molecule has 0 atom stereocenters. The maximum atomic E-state index is 12.9. The quantitative estimate of drug-likeness (QED) is 0.656. The van der Waals surface area contributed by atoms with E-state index in [2.05, 4.69) is 0 Å². The van der Waals surface area contributed by atoms with E-state index in [1.807, 2.05) is 6.07 Å². The SMILES string of the molecule is CCOC(=O)CCN(CC1CC1)S(=O)(=O)c1ccc(C#N)c(Cl)c1. The summed E-state index contributed by atoms with van der Waals surface area (Å²) in [6.07, 6.45) is 1.98. The number of carbonyl (C=O) groups is 1. The normalized spacial score (nSPS) is 14.4. The predicted molar refractivity (Wildman–Crippen MR) is 88.9 cm³/mol. The zero-order chi connectivity index (χ0) is 17.7. The molecule has 0 aliphatic heterocycles. The van der Waals surface area contributed by atoms with Crippen LogP contribution in [0, 0.1) is 17.2 Å². The van der Waals surface area contributed by atoms with Gasteiger partial charge in [-0.1, -0.05) is 11.6 Å². The van der Waals surface area contributed by atoms with Gasteiger partial charge in [0.1, 0.15) is 6.07 Å². The lowest BCUT2D eigenvalue weighted by molar-refractivity contribution is -0.143. The van der Waals surface area contributed by atoms with Crippen molar-refractivity contribution in [2.45, 2.75) is 31.1 Å². The van der Waals surface area contributed by atoms with E-state index in [-0.39, 0.29) is 35.1 Å². The molecule has 8 heteroatoms. The fourth-order valence-corrected chi connectivity index (χ4v) is 4.07. The highest BCUT2D eigenvalue weighted by Gasteiger charge is 2.32. The van der Waals surface area contributed by atoms with Crippen LogP contribution >= 0.6 is 11.6 Å². The highest BCUT2D eigenvalue weighted by Crippen LogP contribution is 2.32. The Hall–Kier alpha value is -1.62. The summed E-state index contributed by atoms with van der Waals surface area (Å²) in [5, 5.41) is 8.99. The van der Waals surface area contributed by atoms with Gasteiger partial charge in [0.25, 0.3) is 0 Å². The Balaban J connectivity index is 2.21. The molecule has 6 nitrogen and oxygen atoms in total. The molecule has 1 aromatic carbocycles. The van der Waals surface area contributed by atoms with E-state index in [9.17, 15) is 13.2 Å². The molecule has 0 unspecified atom stereocenters. The van der Waals surface area contributed by atoms with Crippen molar-refractivity contribution in [1.29, 1.82) is 5.26 Å². The Morgan fingerprint density at radius 3 is 2.71 bits per heavy atom. The molecule has 0 heterocycles. The largest absolute Gasteiger partial charge is 0.466 e. The van der Waals surface area contributed by atoms with Crippen molar-refractivity contribution in [3.8, 4) is 6.07 Å². The molecule has 1 aromatic rings. The number of benzene rings is 1. The molecule has 0 radical (unpaired) electrons. The Morgan fingerprint density at radius 2 is 2.17 bits per heavy atom. The van der Waals surface area contributed by atoms with E-state index < -0.39 is 16.0 Å². The molecule has 1 aliphatic carbocycles. The van der Waals surface area contributed by atoms with Gasteiger partial charge < -0.3 is 4.74 Å². The number of halogens is 1. The first-order chi connectivity index (χ1) is 11.4. The summed E-state index contributed by atoms with van der Waals surface area (Å²) < 4.78 is 31.9. The summed E-state index contributed by atoms with van der Waals surface area (Å²) in [4.78, 5) is 11.6. The van der Waals surface area contributed by atoms with Crippen LogP contribution in [-0.2, 0) is 19.6 Å². The second kappa shape index (κ2) is 7.97. The van der Waals surface area contributed by atoms with Crippen LogP contribution in [0.1, 0.15) is 31.7 Å². The molecule has 1 saturated carbocycles. The van der Waals surface area contributed by atoms with Gasteiger partial charge in [-0.3, -0.25) is 4.79 Å². The predicted octanol–water partition coefficient (Wildman–Crippen LogP) is 2.57. The lowest BCUT2D eigenvalue weighted by Crippen LogP contribution is -2.35. The molecule has 0 N–H and O–H groups in total. The van der Waals surface area contributed by atoms with Crippen molar-refractivity contribution >= 4 is 27.6 Å². The second-order valence-electron chi connectivity index (χ2n) is 5.61. The Bertz CT molecular complexity index is 754. The lowest BCUT2D eigenvalue weighted by atomic mass is 10.2. The Labute approximate surface area is 147 Å². The third kappa shape index (κ3) is 4.69. The van der Waals surface area contributed by atoms with Crippen LogP contribution in [0.2, 0.25) is 5.02 Å². The zero-order valence-electron chi connectivity index (χ0n) is 13.4. The number of carbonyl (C=O) groups excluding carboxylic acids is 1. The lowest BCUT2D eigenvalue weighted by Gasteiger charge is -2.22. The van der Waals surface area contributed by atoms with E-state index in [0.29, 0.717) is 12.5 Å². The standard InChI is InChI=1S/C16H19ClN2O4S/c1-2-23-16(20)7-8-19(11-12-3-4-12)24(21,22)14-6-5-13(10-18)15(17)9-14/h5-6,9,12H,2-4,7-8,11H2,1H3. The molecule has 0 spiro atoms. The van der Waals surface area contributed by atoms with Gasteiger partial charge >= 0.3 is 5.97 Å². The fourth-order valence-electron chi connectivity index (χ4n) is 2.24. The number of nitriles is 1. The topological polar surface area (TPSA) is 87.5 Å². The van der Waals surface area contributed by atoms with Crippen molar-refractivity contribution < 1.29 is 17.9 Å². The third-order valence-electron chi connectivity index (χ3n) is 3.73. The zero-order valence-corrected chi connectivity index (χ0v) is 14.9. The highest BCUT2D eigenvalue weighted by molar-refractivity contribution is 7.89. The monoisotopic (exact) mass is 370 g/mol. The number of esters is 1. The molecular weight excluding hydrogens is 352 g/mol. The van der Waals surface area contributed by atoms with Crippen molar-refractivity contribution in [2.75, 3.05) is 19.7 Å². The number of hydrogen-bond acceptors (Lipinski definition) is 5. The minimum atomic E-state index is -3.78. The van der Waals surface area contributed by atoms with E-state index in [4.69, 9.17) is 21.6 Å². The van der Waals surface area contributed by atoms with Gasteiger partial charge in [-0.25, -0.2) is 8.42 Å². The minimum absolute atomic E-state index is 0.00377. The van der Waals surface area contributed by atoms with E-state index in [1.165, 1.54) is 22.5 Å². The van der Waals surface area contributed by atoms with Crippen molar-refractivity contribution in [3.63, 3.8) is 0 Å². The summed E-state index contributed by atoms with van der Waals surface area (Å²) in [5.74, 6) is -0.0952. The van der Waals surface area contributed by atoms with Gasteiger partial charge in [0.2, 0.25) is 10.0 Å². The Morgan fingerprint density at radius 1 is 1.46 bits per heavy atom. The molecule has 24 heavy (non-hydrogen) atoms. The first kappa shape index (κ1) is 18.7. The molecule has 2 rings (SSSR count). The van der Waals surface area contributed by atoms with Crippen molar-refractivity contribution in [3.05, 3.63) is 28.8 Å². The van der Waals surface area contributed by atoms with Crippen LogP contribution in [0.3, 0.4) is 0 Å². The molecule has 130 valence electrons. The maximum Gasteiger partial charge on any atom is 0.307 e. The molecule has 1 aliphatic rings. The van der Waals surface area contributed by atoms with Gasteiger partial charge in [-0.15, -0.1) is 0 Å². The van der Waals surface area contributed by atoms with Crippen LogP contribution in [0.25, 0.3) is 0 Å². The summed E-state index contributed by atoms with van der Waals surface area (Å²) >= 11 is 5.95. The van der Waals surface area contributed by atoms with E-state index >= 15 is 0 Å². The molecule has 0 amide bonds. The summed E-state index contributed by atoms with van der Waals surface area (Å²) in [6, 6.07) is 5.93. The number of nitrogens with zero attached hydrogens (tertiary/aromatic N) is 2. The summed E-state index contributed by atoms with van der Waals surface area (Å²) in [6.45, 7) is 2.41. The molecule has 0 saturated heterocycles. The van der Waals surface area contributed by atoms with Gasteiger partial charge in [0.15, 0.2) is 0 Å². The summed E-state index contributed by atoms with van der Waals surface area (Å²) in [5.41, 5.74) is 0.218. The first-order valence-electron chi connectivity index (χ1n) is 7.74. The van der Waals surface area contributed by atoms with Crippen LogP contribution in [0.15, 0.2) is 23.1 Å². The van der Waals surface area contributed by atoms with Gasteiger partial charge in [-0.2, -0.15) is 9.57 Å². The number of rotatable bonds is 8. The maximum absolute atomic E-state index is 12.9. The minimum Gasteiger partial charge on any atom is -0.466 e. The summed E-state index contributed by atoms with van der Waals surface area (Å²) in [7, 11) is -3.78. The highest BCUT2D eigenvalue weighted by atomic mass is 35.5. The number of sulfonamides is 1. The fraction of sp³-hybridized carbons (Fsp3) is 0.500. The van der Waals surface area contributed by atoms with Gasteiger partial charge in [-0.05, 0) is 43.9 Å². The smallest absolute Gasteiger partial charge is 0.307 e. The first-order valence-corrected chi connectivity index (χ1v) is 9.55. The van der Waals surface area contributed by atoms with Crippen LogP contribution in [-0.4, -0.2) is 38.4 Å². The van der Waals surface area contributed by atoms with Crippen molar-refractivity contribution in [2.24, 2.45) is 5.92 Å². The van der Waals surface area contributed by atoms with Gasteiger partial charge in [0.05, 0.1) is 28.5 Å². The molecule has 0 aromatic heterocycles. The average Bonchev–Trinajstić information content (AvgIpc) is 3.35. The third-order valence-corrected chi connectivity index (χ3v) is 5.90. The van der Waals surface area contributed by atoms with Gasteiger partial charge in [0, 0.05) is 13.1 Å². The average molecular weight is 371 g/mol. The van der Waals surface area contributed by atoms with Crippen LogP contribution in [0.4, 0.5) is 0 Å². The molecule has 1 fully saturated rings. The Kier molecular flexibility index (Phi) is 6.21. The number of hydrogen-bond donors (Lipinski definition) is 0. The van der Waals surface area contributed by atoms with E-state index in [0.717, 1.165) is 12.8 Å². The second-order valence-corrected chi connectivity index (χ2v) is 7.96. The molecular formula is C16H19ClN2O4S.